The van der Waals surface area contributed by atoms with Crippen LogP contribution in [0.5, 0.6) is 0 Å². The van der Waals surface area contributed by atoms with E-state index in [1.54, 1.807) is 0 Å². The molecule has 1 unspecified atom stereocenters. The lowest BCUT2D eigenvalue weighted by Gasteiger charge is -2.14. The maximum Gasteiger partial charge on any atom is 0.293 e. The van der Waals surface area contributed by atoms with Crippen LogP contribution >= 0.6 is 0 Å². The van der Waals surface area contributed by atoms with Gasteiger partial charge in [0.15, 0.2) is 0 Å². The highest BCUT2D eigenvalue weighted by atomic mass is 16.2. The molecule has 0 fully saturated rings. The Labute approximate surface area is 82.5 Å². The molecule has 1 rings (SSSR count). The highest BCUT2D eigenvalue weighted by Gasteiger charge is 2.14. The lowest BCUT2D eigenvalue weighted by atomic mass is 10.1. The minimum atomic E-state index is -0.285. The molecule has 0 bridgehead atoms. The van der Waals surface area contributed by atoms with Crippen LogP contribution in [0.25, 0.3) is 0 Å². The molecule has 0 aromatic carbocycles. The molecule has 1 heterocycles. The zero-order chi connectivity index (χ0) is 10.6. The van der Waals surface area contributed by atoms with E-state index in [0.717, 1.165) is 6.42 Å². The molecule has 1 aromatic heterocycles. The summed E-state index contributed by atoms with van der Waals surface area (Å²) in [5.74, 6) is 0.350. The molecule has 1 atom stereocenters. The van der Waals surface area contributed by atoms with Crippen molar-refractivity contribution in [2.45, 2.75) is 33.2 Å². The van der Waals surface area contributed by atoms with Gasteiger partial charge in [0.05, 0.1) is 0 Å². The topological polar surface area (TPSA) is 83.6 Å². The summed E-state index contributed by atoms with van der Waals surface area (Å²) in [5, 5.41) is 15.5. The lowest BCUT2D eigenvalue weighted by molar-refractivity contribution is 0.0925. The summed E-state index contributed by atoms with van der Waals surface area (Å²) in [5.41, 5.74) is 0. The number of aromatic nitrogens is 4. The second-order valence-electron chi connectivity index (χ2n) is 3.74. The summed E-state index contributed by atoms with van der Waals surface area (Å²) in [7, 11) is 0. The largest absolute Gasteiger partial charge is 0.347 e. The SMILES string of the molecule is CC(C)CC(C)NC(=O)c1nn[nH]n1. The number of hydrogen-bond acceptors (Lipinski definition) is 4. The zero-order valence-electron chi connectivity index (χ0n) is 8.61. The fourth-order valence-electron chi connectivity index (χ4n) is 1.31. The maximum absolute atomic E-state index is 11.4. The number of carbonyl (C=O) groups is 1. The van der Waals surface area contributed by atoms with Gasteiger partial charge < -0.3 is 5.32 Å². The van der Waals surface area contributed by atoms with Crippen molar-refractivity contribution in [2.24, 2.45) is 5.92 Å². The average molecular weight is 197 g/mol. The van der Waals surface area contributed by atoms with Crippen molar-refractivity contribution in [3.05, 3.63) is 5.82 Å². The molecule has 0 aliphatic rings. The quantitative estimate of drug-likeness (QED) is 0.730. The summed E-state index contributed by atoms with van der Waals surface area (Å²) in [6, 6.07) is 0.126. The van der Waals surface area contributed by atoms with Crippen LogP contribution in [0.2, 0.25) is 0 Å². The van der Waals surface area contributed by atoms with E-state index >= 15 is 0 Å². The maximum atomic E-state index is 11.4. The van der Waals surface area contributed by atoms with Crippen molar-refractivity contribution in [1.82, 2.24) is 25.9 Å². The van der Waals surface area contributed by atoms with E-state index in [-0.39, 0.29) is 17.8 Å². The zero-order valence-corrected chi connectivity index (χ0v) is 8.61. The number of carbonyl (C=O) groups excluding carboxylic acids is 1. The highest BCUT2D eigenvalue weighted by Crippen LogP contribution is 2.03. The summed E-state index contributed by atoms with van der Waals surface area (Å²) < 4.78 is 0. The van der Waals surface area contributed by atoms with Gasteiger partial charge in [-0.15, -0.1) is 10.2 Å². The van der Waals surface area contributed by atoms with E-state index in [4.69, 9.17) is 0 Å². The normalized spacial score (nSPS) is 12.9. The van der Waals surface area contributed by atoms with Gasteiger partial charge in [-0.2, -0.15) is 5.21 Å². The fourth-order valence-corrected chi connectivity index (χ4v) is 1.31. The number of tetrazole rings is 1. The van der Waals surface area contributed by atoms with Crippen LogP contribution in [0.15, 0.2) is 0 Å². The third-order valence-electron chi connectivity index (χ3n) is 1.75. The van der Waals surface area contributed by atoms with Crippen molar-refractivity contribution in [3.8, 4) is 0 Å². The van der Waals surface area contributed by atoms with E-state index in [2.05, 4.69) is 39.8 Å². The molecule has 0 spiro atoms. The highest BCUT2D eigenvalue weighted by molar-refractivity contribution is 5.90. The van der Waals surface area contributed by atoms with Crippen molar-refractivity contribution in [3.63, 3.8) is 0 Å². The van der Waals surface area contributed by atoms with Crippen LogP contribution in [0, 0.1) is 5.92 Å². The Morgan fingerprint density at radius 1 is 1.50 bits per heavy atom. The Hall–Kier alpha value is -1.46. The molecule has 6 nitrogen and oxygen atoms in total. The van der Waals surface area contributed by atoms with Crippen LogP contribution in [0.1, 0.15) is 37.8 Å². The van der Waals surface area contributed by atoms with Gasteiger partial charge >= 0.3 is 0 Å². The van der Waals surface area contributed by atoms with Gasteiger partial charge in [0.25, 0.3) is 11.7 Å². The molecule has 78 valence electrons. The summed E-state index contributed by atoms with van der Waals surface area (Å²) >= 11 is 0. The first-order valence-corrected chi connectivity index (χ1v) is 4.64. The number of hydrogen-bond donors (Lipinski definition) is 2. The van der Waals surface area contributed by atoms with E-state index in [9.17, 15) is 4.79 Å². The molecule has 2 N–H and O–H groups in total. The van der Waals surface area contributed by atoms with Gasteiger partial charge in [0.1, 0.15) is 0 Å². The van der Waals surface area contributed by atoms with Crippen LogP contribution in [-0.2, 0) is 0 Å². The van der Waals surface area contributed by atoms with Crippen LogP contribution < -0.4 is 5.32 Å². The molecule has 0 aliphatic carbocycles. The second kappa shape index (κ2) is 4.69. The molecular formula is C8H15N5O. The summed E-state index contributed by atoms with van der Waals surface area (Å²) in [6.45, 7) is 6.17. The Morgan fingerprint density at radius 3 is 2.71 bits per heavy atom. The number of nitrogens with one attached hydrogen (secondary N) is 2. The fraction of sp³-hybridized carbons (Fsp3) is 0.750. The molecule has 0 saturated carbocycles. The monoisotopic (exact) mass is 197 g/mol. The van der Waals surface area contributed by atoms with Crippen molar-refractivity contribution in [1.29, 1.82) is 0 Å². The predicted octanol–water partition coefficient (Wildman–Crippen LogP) is 0.364. The first-order chi connectivity index (χ1) is 6.59. The standard InChI is InChI=1S/C8H15N5O/c1-5(2)4-6(3)9-8(14)7-10-12-13-11-7/h5-6H,4H2,1-3H3,(H,9,14)(H,10,11,12,13). The molecule has 14 heavy (non-hydrogen) atoms. The number of aromatic amines is 1. The van der Waals surface area contributed by atoms with Gasteiger partial charge in [0, 0.05) is 6.04 Å². The van der Waals surface area contributed by atoms with E-state index in [0.29, 0.717) is 5.92 Å². The van der Waals surface area contributed by atoms with Gasteiger partial charge in [-0.1, -0.05) is 13.8 Å². The number of nitrogens with zero attached hydrogens (tertiary/aromatic N) is 3. The van der Waals surface area contributed by atoms with Crippen LogP contribution in [0.4, 0.5) is 0 Å². The minimum Gasteiger partial charge on any atom is -0.347 e. The Balaban J connectivity index is 2.41. The molecule has 0 aliphatic heterocycles. The predicted molar refractivity (Wildman–Crippen MR) is 50.6 cm³/mol. The van der Waals surface area contributed by atoms with E-state index in [1.807, 2.05) is 6.92 Å². The van der Waals surface area contributed by atoms with E-state index in [1.165, 1.54) is 0 Å². The Morgan fingerprint density at radius 2 is 2.21 bits per heavy atom. The average Bonchev–Trinajstić information content (AvgIpc) is 2.53. The van der Waals surface area contributed by atoms with Crippen LogP contribution in [-0.4, -0.2) is 32.6 Å². The molecule has 1 amide bonds. The number of H-pyrrole nitrogens is 1. The number of rotatable bonds is 4. The first-order valence-electron chi connectivity index (χ1n) is 4.64. The third kappa shape index (κ3) is 3.12. The summed E-state index contributed by atoms with van der Waals surface area (Å²) in [4.78, 5) is 11.4. The molecule has 0 saturated heterocycles. The minimum absolute atomic E-state index is 0.0839. The van der Waals surface area contributed by atoms with Gasteiger partial charge in [-0.25, -0.2) is 0 Å². The molecule has 0 radical (unpaired) electrons. The van der Waals surface area contributed by atoms with Crippen LogP contribution in [0.3, 0.4) is 0 Å². The number of amides is 1. The second-order valence-corrected chi connectivity index (χ2v) is 3.74. The molecule has 1 aromatic rings. The third-order valence-corrected chi connectivity index (χ3v) is 1.75. The van der Waals surface area contributed by atoms with Gasteiger partial charge in [-0.05, 0) is 24.5 Å². The van der Waals surface area contributed by atoms with E-state index < -0.39 is 0 Å². The van der Waals surface area contributed by atoms with Gasteiger partial charge in [-0.3, -0.25) is 4.79 Å². The molecular weight excluding hydrogens is 182 g/mol. The smallest absolute Gasteiger partial charge is 0.293 e. The van der Waals surface area contributed by atoms with Crippen molar-refractivity contribution in [2.75, 3.05) is 0 Å². The lowest BCUT2D eigenvalue weighted by Crippen LogP contribution is -2.34. The Kier molecular flexibility index (Phi) is 3.55. The van der Waals surface area contributed by atoms with Crippen molar-refractivity contribution >= 4 is 5.91 Å². The molecule has 6 heteroatoms. The van der Waals surface area contributed by atoms with Crippen molar-refractivity contribution < 1.29 is 4.79 Å². The first kappa shape index (κ1) is 10.6. The summed E-state index contributed by atoms with van der Waals surface area (Å²) in [6.07, 6.45) is 0.934. The Bertz CT molecular complexity index is 282. The van der Waals surface area contributed by atoms with Gasteiger partial charge in [0.2, 0.25) is 0 Å².